The first-order valence-electron chi connectivity index (χ1n) is 5.87. The molecule has 0 bridgehead atoms. The molecule has 0 saturated heterocycles. The highest BCUT2D eigenvalue weighted by molar-refractivity contribution is 7.11. The number of aryl methyl sites for hydroxylation is 2. The van der Waals surface area contributed by atoms with E-state index in [9.17, 15) is 0 Å². The lowest BCUT2D eigenvalue weighted by molar-refractivity contribution is 0.598. The van der Waals surface area contributed by atoms with Crippen LogP contribution >= 0.6 is 11.3 Å². The van der Waals surface area contributed by atoms with Crippen molar-refractivity contribution in [3.63, 3.8) is 0 Å². The van der Waals surface area contributed by atoms with E-state index in [-0.39, 0.29) is 0 Å². The summed E-state index contributed by atoms with van der Waals surface area (Å²) in [4.78, 5) is 5.89. The van der Waals surface area contributed by atoms with Gasteiger partial charge < -0.3 is 5.32 Å². The molecule has 1 aromatic heterocycles. The number of aromatic nitrogens is 1. The maximum absolute atomic E-state index is 4.54. The quantitative estimate of drug-likeness (QED) is 0.831. The van der Waals surface area contributed by atoms with Crippen LogP contribution in [0.4, 0.5) is 0 Å². The van der Waals surface area contributed by atoms with E-state index in [2.05, 4.69) is 31.1 Å². The lowest BCUT2D eigenvalue weighted by Gasteiger charge is -2.00. The van der Waals surface area contributed by atoms with Crippen molar-refractivity contribution in [2.75, 3.05) is 0 Å². The Morgan fingerprint density at radius 3 is 2.87 bits per heavy atom. The second kappa shape index (κ2) is 4.62. The highest BCUT2D eigenvalue weighted by Crippen LogP contribution is 2.34. The number of rotatable bonds is 5. The first-order valence-corrected chi connectivity index (χ1v) is 6.68. The van der Waals surface area contributed by atoms with Gasteiger partial charge in [-0.05, 0) is 32.6 Å². The second-order valence-electron chi connectivity index (χ2n) is 4.52. The van der Waals surface area contributed by atoms with Crippen LogP contribution in [0.3, 0.4) is 0 Å². The van der Waals surface area contributed by atoms with Crippen LogP contribution in [0.2, 0.25) is 0 Å². The summed E-state index contributed by atoms with van der Waals surface area (Å²) in [5.74, 6) is 0.942. The number of thiazole rings is 1. The molecule has 1 aromatic rings. The largest absolute Gasteiger partial charge is 0.307 e. The summed E-state index contributed by atoms with van der Waals surface area (Å²) >= 11 is 1.83. The van der Waals surface area contributed by atoms with Crippen LogP contribution in [-0.2, 0) is 6.54 Å². The van der Waals surface area contributed by atoms with Gasteiger partial charge >= 0.3 is 0 Å². The highest BCUT2D eigenvalue weighted by atomic mass is 32.1. The summed E-state index contributed by atoms with van der Waals surface area (Å²) in [6.45, 7) is 7.47. The third-order valence-electron chi connectivity index (χ3n) is 3.17. The van der Waals surface area contributed by atoms with Crippen molar-refractivity contribution in [3.8, 4) is 0 Å². The van der Waals surface area contributed by atoms with Gasteiger partial charge in [-0.3, -0.25) is 0 Å². The van der Waals surface area contributed by atoms with E-state index in [0.29, 0.717) is 0 Å². The van der Waals surface area contributed by atoms with Crippen molar-refractivity contribution < 1.29 is 0 Å². The molecule has 1 N–H and O–H groups in total. The molecule has 1 saturated carbocycles. The van der Waals surface area contributed by atoms with Crippen molar-refractivity contribution in [1.82, 2.24) is 10.3 Å². The predicted octanol–water partition coefficient (Wildman–Crippen LogP) is 3.04. The summed E-state index contributed by atoms with van der Waals surface area (Å²) in [6, 6.07) is 0.773. The van der Waals surface area contributed by atoms with Gasteiger partial charge in [0.05, 0.1) is 5.69 Å². The Balaban J connectivity index is 1.75. The lowest BCUT2D eigenvalue weighted by Crippen LogP contribution is -2.17. The molecule has 0 spiro atoms. The zero-order valence-electron chi connectivity index (χ0n) is 9.84. The zero-order chi connectivity index (χ0) is 10.8. The second-order valence-corrected chi connectivity index (χ2v) is 5.81. The molecular formula is C12H20N2S. The predicted molar refractivity (Wildman–Crippen MR) is 65.2 cm³/mol. The fourth-order valence-corrected chi connectivity index (χ4v) is 2.91. The SMILES string of the molecule is CCCC1CC1NCc1nc(C)c(C)s1. The molecule has 1 aliphatic carbocycles. The van der Waals surface area contributed by atoms with Gasteiger partial charge in [0.15, 0.2) is 0 Å². The summed E-state index contributed by atoms with van der Waals surface area (Å²) in [5.41, 5.74) is 1.19. The van der Waals surface area contributed by atoms with Crippen LogP contribution in [0.5, 0.6) is 0 Å². The minimum atomic E-state index is 0.773. The third kappa shape index (κ3) is 2.79. The Kier molecular flexibility index (Phi) is 3.42. The summed E-state index contributed by atoms with van der Waals surface area (Å²) < 4.78 is 0. The molecule has 2 unspecified atom stereocenters. The topological polar surface area (TPSA) is 24.9 Å². The van der Waals surface area contributed by atoms with Crippen LogP contribution < -0.4 is 5.32 Å². The Morgan fingerprint density at radius 2 is 2.27 bits per heavy atom. The van der Waals surface area contributed by atoms with Gasteiger partial charge in [0, 0.05) is 17.5 Å². The third-order valence-corrected chi connectivity index (χ3v) is 4.24. The average Bonchev–Trinajstić information content (AvgIpc) is 2.85. The molecular weight excluding hydrogens is 204 g/mol. The summed E-state index contributed by atoms with van der Waals surface area (Å²) in [6.07, 6.45) is 4.07. The van der Waals surface area contributed by atoms with Crippen molar-refractivity contribution in [2.24, 2.45) is 5.92 Å². The molecule has 3 heteroatoms. The first-order chi connectivity index (χ1) is 7.20. The minimum absolute atomic E-state index is 0.773. The first kappa shape index (κ1) is 11.1. The molecule has 15 heavy (non-hydrogen) atoms. The molecule has 1 fully saturated rings. The van der Waals surface area contributed by atoms with E-state index in [1.807, 2.05) is 11.3 Å². The van der Waals surface area contributed by atoms with E-state index >= 15 is 0 Å². The molecule has 0 aromatic carbocycles. The maximum atomic E-state index is 4.54. The van der Waals surface area contributed by atoms with Gasteiger partial charge in [-0.15, -0.1) is 11.3 Å². The molecule has 1 aliphatic rings. The Bertz CT molecular complexity index is 313. The molecule has 1 heterocycles. The smallest absolute Gasteiger partial charge is 0.107 e. The van der Waals surface area contributed by atoms with Gasteiger partial charge in [0.1, 0.15) is 5.01 Å². The molecule has 0 amide bonds. The lowest BCUT2D eigenvalue weighted by atomic mass is 10.2. The summed E-state index contributed by atoms with van der Waals surface area (Å²) in [5, 5.41) is 4.84. The van der Waals surface area contributed by atoms with Crippen LogP contribution in [0, 0.1) is 19.8 Å². The fraction of sp³-hybridized carbons (Fsp3) is 0.750. The zero-order valence-corrected chi connectivity index (χ0v) is 10.7. The van der Waals surface area contributed by atoms with Gasteiger partial charge in [0.25, 0.3) is 0 Å². The van der Waals surface area contributed by atoms with Crippen molar-refractivity contribution in [1.29, 1.82) is 0 Å². The molecule has 2 nitrogen and oxygen atoms in total. The van der Waals surface area contributed by atoms with Gasteiger partial charge in [0.2, 0.25) is 0 Å². The standard InChI is InChI=1S/C12H20N2S/c1-4-5-10-6-11(10)13-7-12-14-8(2)9(3)15-12/h10-11,13H,4-7H2,1-3H3. The van der Waals surface area contributed by atoms with E-state index in [1.54, 1.807) is 0 Å². The van der Waals surface area contributed by atoms with E-state index < -0.39 is 0 Å². The highest BCUT2D eigenvalue weighted by Gasteiger charge is 2.35. The monoisotopic (exact) mass is 224 g/mol. The van der Waals surface area contributed by atoms with Crippen LogP contribution in [-0.4, -0.2) is 11.0 Å². The van der Waals surface area contributed by atoms with Crippen molar-refractivity contribution in [2.45, 2.75) is 52.6 Å². The van der Waals surface area contributed by atoms with Crippen LogP contribution in [0.15, 0.2) is 0 Å². The maximum Gasteiger partial charge on any atom is 0.107 e. The van der Waals surface area contributed by atoms with Crippen LogP contribution in [0.25, 0.3) is 0 Å². The minimum Gasteiger partial charge on any atom is -0.307 e. The van der Waals surface area contributed by atoms with E-state index in [0.717, 1.165) is 18.5 Å². The normalized spacial score (nSPS) is 24.5. The molecule has 2 rings (SSSR count). The number of hydrogen-bond acceptors (Lipinski definition) is 3. The van der Waals surface area contributed by atoms with Crippen LogP contribution in [0.1, 0.15) is 41.8 Å². The summed E-state index contributed by atoms with van der Waals surface area (Å²) in [7, 11) is 0. The Labute approximate surface area is 96.1 Å². The number of nitrogens with one attached hydrogen (secondary N) is 1. The van der Waals surface area contributed by atoms with E-state index in [1.165, 1.54) is 34.8 Å². The van der Waals surface area contributed by atoms with Gasteiger partial charge in [-0.1, -0.05) is 13.3 Å². The Morgan fingerprint density at radius 1 is 1.47 bits per heavy atom. The average molecular weight is 224 g/mol. The van der Waals surface area contributed by atoms with E-state index in [4.69, 9.17) is 0 Å². The number of nitrogens with zero attached hydrogens (tertiary/aromatic N) is 1. The molecule has 84 valence electrons. The van der Waals surface area contributed by atoms with Gasteiger partial charge in [-0.2, -0.15) is 0 Å². The molecule has 2 atom stereocenters. The Hall–Kier alpha value is -0.410. The van der Waals surface area contributed by atoms with Crippen molar-refractivity contribution in [3.05, 3.63) is 15.6 Å². The van der Waals surface area contributed by atoms with Gasteiger partial charge in [-0.25, -0.2) is 4.98 Å². The molecule has 0 aliphatic heterocycles. The van der Waals surface area contributed by atoms with Crippen molar-refractivity contribution >= 4 is 11.3 Å². The fourth-order valence-electron chi connectivity index (χ4n) is 2.02. The number of hydrogen-bond donors (Lipinski definition) is 1. The molecule has 0 radical (unpaired) electrons.